The summed E-state index contributed by atoms with van der Waals surface area (Å²) in [6.07, 6.45) is 2.90. The molecule has 0 atom stereocenters. The Kier molecular flexibility index (Phi) is 6.71. The lowest BCUT2D eigenvalue weighted by Crippen LogP contribution is -2.45. The summed E-state index contributed by atoms with van der Waals surface area (Å²) in [5.74, 6) is 1.72. The molecule has 176 valence electrons. The SMILES string of the molecule is Cc1ccc(N(C)c2ccc3nc(Nc4cc(CCN5CCN(C)CC5)ccn4)sc3n2)cc1. The van der Waals surface area contributed by atoms with E-state index in [0.29, 0.717) is 0 Å². The van der Waals surface area contributed by atoms with Crippen LogP contribution < -0.4 is 10.2 Å². The van der Waals surface area contributed by atoms with Gasteiger partial charge in [-0.3, -0.25) is 0 Å². The molecule has 1 aliphatic heterocycles. The number of hydrogen-bond acceptors (Lipinski definition) is 8. The number of nitrogens with zero attached hydrogens (tertiary/aromatic N) is 6. The van der Waals surface area contributed by atoms with E-state index in [9.17, 15) is 0 Å². The second kappa shape index (κ2) is 10.0. The number of fused-ring (bicyclic) bond motifs is 1. The first kappa shape index (κ1) is 22.7. The van der Waals surface area contributed by atoms with Gasteiger partial charge in [-0.25, -0.2) is 15.0 Å². The van der Waals surface area contributed by atoms with Gasteiger partial charge in [-0.05, 0) is 62.4 Å². The Morgan fingerprint density at radius 2 is 1.79 bits per heavy atom. The molecule has 0 amide bonds. The van der Waals surface area contributed by atoms with E-state index < -0.39 is 0 Å². The minimum absolute atomic E-state index is 0.807. The molecule has 0 saturated carbocycles. The van der Waals surface area contributed by atoms with E-state index in [1.807, 2.05) is 25.4 Å². The molecule has 5 rings (SSSR count). The Labute approximate surface area is 205 Å². The van der Waals surface area contributed by atoms with Crippen LogP contribution in [0.25, 0.3) is 10.3 Å². The summed E-state index contributed by atoms with van der Waals surface area (Å²) in [5.41, 5.74) is 4.53. The van der Waals surface area contributed by atoms with E-state index in [1.54, 1.807) is 11.3 Å². The number of piperazine rings is 1. The molecule has 7 nitrogen and oxygen atoms in total. The lowest BCUT2D eigenvalue weighted by Gasteiger charge is -2.32. The lowest BCUT2D eigenvalue weighted by atomic mass is 10.1. The fourth-order valence-electron chi connectivity index (χ4n) is 4.11. The predicted molar refractivity (Wildman–Crippen MR) is 142 cm³/mol. The minimum atomic E-state index is 0.807. The van der Waals surface area contributed by atoms with Crippen molar-refractivity contribution in [3.63, 3.8) is 0 Å². The van der Waals surface area contributed by atoms with Crippen LogP contribution in [0, 0.1) is 6.92 Å². The highest BCUT2D eigenvalue weighted by molar-refractivity contribution is 7.21. The number of likely N-dealkylation sites (N-methyl/N-ethyl adjacent to an activating group) is 1. The highest BCUT2D eigenvalue weighted by atomic mass is 32.1. The molecule has 0 spiro atoms. The van der Waals surface area contributed by atoms with Crippen LogP contribution in [0.15, 0.2) is 54.7 Å². The van der Waals surface area contributed by atoms with E-state index in [-0.39, 0.29) is 0 Å². The van der Waals surface area contributed by atoms with Crippen LogP contribution in [0.3, 0.4) is 0 Å². The van der Waals surface area contributed by atoms with Gasteiger partial charge < -0.3 is 20.0 Å². The van der Waals surface area contributed by atoms with Gasteiger partial charge in [-0.1, -0.05) is 29.0 Å². The van der Waals surface area contributed by atoms with Crippen molar-refractivity contribution >= 4 is 44.1 Å². The highest BCUT2D eigenvalue weighted by Gasteiger charge is 2.14. The zero-order chi connectivity index (χ0) is 23.5. The molecule has 34 heavy (non-hydrogen) atoms. The van der Waals surface area contributed by atoms with Gasteiger partial charge in [0.05, 0.1) is 0 Å². The summed E-state index contributed by atoms with van der Waals surface area (Å²) >= 11 is 1.55. The van der Waals surface area contributed by atoms with Gasteiger partial charge in [0, 0.05) is 51.7 Å². The summed E-state index contributed by atoms with van der Waals surface area (Å²) < 4.78 is 0. The van der Waals surface area contributed by atoms with Crippen LogP contribution in [0.2, 0.25) is 0 Å². The van der Waals surface area contributed by atoms with Crippen LogP contribution in [-0.4, -0.2) is 71.6 Å². The Bertz CT molecular complexity index is 1250. The number of anilines is 4. The molecule has 1 fully saturated rings. The summed E-state index contributed by atoms with van der Waals surface area (Å²) in [7, 11) is 4.23. The Morgan fingerprint density at radius 3 is 2.59 bits per heavy atom. The van der Waals surface area contributed by atoms with E-state index >= 15 is 0 Å². The van der Waals surface area contributed by atoms with Crippen molar-refractivity contribution in [3.05, 3.63) is 65.9 Å². The smallest absolute Gasteiger partial charge is 0.190 e. The molecule has 0 aliphatic carbocycles. The fourth-order valence-corrected chi connectivity index (χ4v) is 4.95. The Hall–Kier alpha value is -3.07. The molecule has 4 heterocycles. The monoisotopic (exact) mass is 473 g/mol. The normalized spacial score (nSPS) is 15.0. The van der Waals surface area contributed by atoms with E-state index in [1.165, 1.54) is 11.1 Å². The number of pyridine rings is 2. The second-order valence-corrected chi connectivity index (χ2v) is 9.95. The van der Waals surface area contributed by atoms with Gasteiger partial charge >= 0.3 is 0 Å². The van der Waals surface area contributed by atoms with Crippen molar-refractivity contribution in [2.24, 2.45) is 0 Å². The number of aromatic nitrogens is 3. The van der Waals surface area contributed by atoms with Gasteiger partial charge in [0.15, 0.2) is 5.13 Å². The van der Waals surface area contributed by atoms with Crippen LogP contribution in [0.4, 0.5) is 22.5 Å². The number of aryl methyl sites for hydroxylation is 1. The molecule has 0 unspecified atom stereocenters. The molecule has 0 bridgehead atoms. The average Bonchev–Trinajstić information content (AvgIpc) is 3.25. The molecule has 1 aliphatic rings. The topological polar surface area (TPSA) is 60.4 Å². The Balaban J connectivity index is 1.26. The maximum absolute atomic E-state index is 4.85. The third kappa shape index (κ3) is 5.35. The zero-order valence-corrected chi connectivity index (χ0v) is 20.8. The first-order chi connectivity index (χ1) is 16.5. The zero-order valence-electron chi connectivity index (χ0n) is 20.0. The van der Waals surface area contributed by atoms with E-state index in [4.69, 9.17) is 9.97 Å². The number of thiazole rings is 1. The fraction of sp³-hybridized carbons (Fsp3) is 0.346. The summed E-state index contributed by atoms with van der Waals surface area (Å²) in [5, 5.41) is 4.19. The first-order valence-electron chi connectivity index (χ1n) is 11.7. The van der Waals surface area contributed by atoms with Crippen molar-refractivity contribution in [2.45, 2.75) is 13.3 Å². The molecule has 1 N–H and O–H groups in total. The summed E-state index contributed by atoms with van der Waals surface area (Å²) in [6, 6.07) is 16.7. The molecule has 1 saturated heterocycles. The lowest BCUT2D eigenvalue weighted by molar-refractivity contribution is 0.155. The van der Waals surface area contributed by atoms with E-state index in [2.05, 4.69) is 75.4 Å². The van der Waals surface area contributed by atoms with Crippen LogP contribution in [-0.2, 0) is 6.42 Å². The molecular weight excluding hydrogens is 442 g/mol. The standard InChI is InChI=1S/C26H31N7S/c1-19-4-6-21(7-5-19)32(3)24-9-8-22-25(30-24)34-26(28-22)29-23-18-20(10-12-27-23)11-13-33-16-14-31(2)15-17-33/h4-10,12,18H,11,13-17H2,1-3H3,(H,27,28,29). The van der Waals surface area contributed by atoms with Gasteiger partial charge in [-0.15, -0.1) is 0 Å². The second-order valence-electron chi connectivity index (χ2n) is 8.98. The van der Waals surface area contributed by atoms with Crippen LogP contribution in [0.1, 0.15) is 11.1 Å². The number of hydrogen-bond donors (Lipinski definition) is 1. The molecular formula is C26H31N7S. The van der Waals surface area contributed by atoms with Crippen molar-refractivity contribution < 1.29 is 0 Å². The van der Waals surface area contributed by atoms with Crippen molar-refractivity contribution in [1.82, 2.24) is 24.8 Å². The van der Waals surface area contributed by atoms with Crippen LogP contribution in [0.5, 0.6) is 0 Å². The van der Waals surface area contributed by atoms with Crippen molar-refractivity contribution in [3.8, 4) is 0 Å². The van der Waals surface area contributed by atoms with Crippen molar-refractivity contribution in [1.29, 1.82) is 0 Å². The molecule has 4 aromatic rings. The third-order valence-electron chi connectivity index (χ3n) is 6.38. The van der Waals surface area contributed by atoms with Gasteiger partial charge in [0.25, 0.3) is 0 Å². The summed E-state index contributed by atoms with van der Waals surface area (Å²) in [6.45, 7) is 7.77. The summed E-state index contributed by atoms with van der Waals surface area (Å²) in [4.78, 5) is 22.0. The van der Waals surface area contributed by atoms with Crippen LogP contribution >= 0.6 is 11.3 Å². The molecule has 1 aromatic carbocycles. The number of rotatable bonds is 7. The predicted octanol–water partition coefficient (Wildman–Crippen LogP) is 4.70. The molecule has 0 radical (unpaired) electrons. The molecule has 3 aromatic heterocycles. The highest BCUT2D eigenvalue weighted by Crippen LogP contribution is 2.30. The number of nitrogens with one attached hydrogen (secondary N) is 1. The van der Waals surface area contributed by atoms with Crippen molar-refractivity contribution in [2.75, 3.05) is 57.0 Å². The minimum Gasteiger partial charge on any atom is -0.329 e. The van der Waals surface area contributed by atoms with Gasteiger partial charge in [-0.2, -0.15) is 0 Å². The largest absolute Gasteiger partial charge is 0.329 e. The first-order valence-corrected chi connectivity index (χ1v) is 12.6. The van der Waals surface area contributed by atoms with E-state index in [0.717, 1.165) is 71.9 Å². The quantitative estimate of drug-likeness (QED) is 0.418. The maximum atomic E-state index is 4.85. The molecule has 8 heteroatoms. The average molecular weight is 474 g/mol. The van der Waals surface area contributed by atoms with Gasteiger partial charge in [0.1, 0.15) is 22.0 Å². The number of benzene rings is 1. The Morgan fingerprint density at radius 1 is 1.00 bits per heavy atom. The van der Waals surface area contributed by atoms with Gasteiger partial charge in [0.2, 0.25) is 0 Å². The third-order valence-corrected chi connectivity index (χ3v) is 7.26. The maximum Gasteiger partial charge on any atom is 0.190 e.